The van der Waals surface area contributed by atoms with E-state index in [0.29, 0.717) is 18.3 Å². The van der Waals surface area contributed by atoms with Gasteiger partial charge in [0, 0.05) is 18.8 Å². The molecule has 1 atom stereocenters. The highest BCUT2D eigenvalue weighted by atomic mass is 32.1. The van der Waals surface area contributed by atoms with Gasteiger partial charge in [-0.2, -0.15) is 0 Å². The standard InChI is InChI=1S/C12H19N3OS/c1-9-5-4-6-11(14-9)7-13-12(17)15-10(2)8-16-3/h4-6,10H,7-8H2,1-3H3,(H2,13,15,17). The molecular weight excluding hydrogens is 234 g/mol. The molecule has 0 saturated heterocycles. The zero-order valence-electron chi connectivity index (χ0n) is 10.5. The molecule has 0 radical (unpaired) electrons. The van der Waals surface area contributed by atoms with Crippen molar-refractivity contribution in [2.45, 2.75) is 26.4 Å². The molecule has 1 rings (SSSR count). The monoisotopic (exact) mass is 253 g/mol. The lowest BCUT2D eigenvalue weighted by atomic mass is 10.3. The van der Waals surface area contributed by atoms with Crippen LogP contribution in [-0.2, 0) is 11.3 Å². The minimum atomic E-state index is 0.200. The van der Waals surface area contributed by atoms with Crippen molar-refractivity contribution in [2.75, 3.05) is 13.7 Å². The molecule has 0 bridgehead atoms. The number of rotatable bonds is 5. The summed E-state index contributed by atoms with van der Waals surface area (Å²) in [7, 11) is 1.67. The lowest BCUT2D eigenvalue weighted by Crippen LogP contribution is -2.42. The van der Waals surface area contributed by atoms with Gasteiger partial charge in [0.15, 0.2) is 5.11 Å². The van der Waals surface area contributed by atoms with Gasteiger partial charge in [0.2, 0.25) is 0 Å². The van der Waals surface area contributed by atoms with E-state index in [1.54, 1.807) is 7.11 Å². The number of aromatic nitrogens is 1. The molecule has 1 unspecified atom stereocenters. The summed E-state index contributed by atoms with van der Waals surface area (Å²) in [5.41, 5.74) is 1.99. The molecule has 1 aromatic heterocycles. The quantitative estimate of drug-likeness (QED) is 0.777. The van der Waals surface area contributed by atoms with Crippen molar-refractivity contribution in [3.05, 3.63) is 29.6 Å². The molecule has 4 nitrogen and oxygen atoms in total. The van der Waals surface area contributed by atoms with Gasteiger partial charge in [0.05, 0.1) is 18.8 Å². The normalized spacial score (nSPS) is 11.9. The van der Waals surface area contributed by atoms with Crippen molar-refractivity contribution in [3.8, 4) is 0 Å². The first-order chi connectivity index (χ1) is 8.11. The maximum absolute atomic E-state index is 5.17. The highest BCUT2D eigenvalue weighted by Crippen LogP contribution is 1.97. The number of hydrogen-bond acceptors (Lipinski definition) is 3. The number of nitrogens with zero attached hydrogens (tertiary/aromatic N) is 1. The van der Waals surface area contributed by atoms with Crippen LogP contribution in [0.4, 0.5) is 0 Å². The fraction of sp³-hybridized carbons (Fsp3) is 0.500. The van der Waals surface area contributed by atoms with Crippen LogP contribution in [0.3, 0.4) is 0 Å². The first kappa shape index (κ1) is 13.9. The summed E-state index contributed by atoms with van der Waals surface area (Å²) in [6, 6.07) is 6.14. The van der Waals surface area contributed by atoms with Gasteiger partial charge in [-0.15, -0.1) is 0 Å². The van der Waals surface area contributed by atoms with E-state index in [9.17, 15) is 0 Å². The molecule has 0 aliphatic carbocycles. The third-order valence-corrected chi connectivity index (χ3v) is 2.43. The zero-order valence-corrected chi connectivity index (χ0v) is 11.3. The van der Waals surface area contributed by atoms with Crippen LogP contribution in [0.2, 0.25) is 0 Å². The maximum atomic E-state index is 5.17. The van der Waals surface area contributed by atoms with E-state index in [0.717, 1.165) is 11.4 Å². The van der Waals surface area contributed by atoms with Gasteiger partial charge >= 0.3 is 0 Å². The molecule has 0 saturated carbocycles. The number of nitrogens with one attached hydrogen (secondary N) is 2. The summed E-state index contributed by atoms with van der Waals surface area (Å²) >= 11 is 5.17. The number of aryl methyl sites for hydroxylation is 1. The summed E-state index contributed by atoms with van der Waals surface area (Å²) < 4.78 is 5.02. The molecule has 0 spiro atoms. The lowest BCUT2D eigenvalue weighted by molar-refractivity contribution is 0.179. The van der Waals surface area contributed by atoms with E-state index in [2.05, 4.69) is 15.6 Å². The summed E-state index contributed by atoms with van der Waals surface area (Å²) in [6.07, 6.45) is 0. The molecule has 0 aliphatic rings. The van der Waals surface area contributed by atoms with Crippen LogP contribution < -0.4 is 10.6 Å². The fourth-order valence-corrected chi connectivity index (χ4v) is 1.71. The minimum absolute atomic E-state index is 0.200. The topological polar surface area (TPSA) is 46.2 Å². The largest absolute Gasteiger partial charge is 0.383 e. The van der Waals surface area contributed by atoms with E-state index < -0.39 is 0 Å². The molecule has 1 aromatic rings. The summed E-state index contributed by atoms with van der Waals surface area (Å²) in [5, 5.41) is 6.87. The predicted molar refractivity (Wildman–Crippen MR) is 72.9 cm³/mol. The molecule has 94 valence electrons. The average molecular weight is 253 g/mol. The van der Waals surface area contributed by atoms with Crippen LogP contribution >= 0.6 is 12.2 Å². The zero-order chi connectivity index (χ0) is 12.7. The third-order valence-electron chi connectivity index (χ3n) is 2.17. The summed E-state index contributed by atoms with van der Waals surface area (Å²) in [6.45, 7) is 5.25. The van der Waals surface area contributed by atoms with E-state index in [1.807, 2.05) is 32.0 Å². The van der Waals surface area contributed by atoms with Crippen molar-refractivity contribution in [3.63, 3.8) is 0 Å². The molecule has 0 fully saturated rings. The summed E-state index contributed by atoms with van der Waals surface area (Å²) in [5.74, 6) is 0. The van der Waals surface area contributed by atoms with Gasteiger partial charge in [0.25, 0.3) is 0 Å². The molecule has 2 N–H and O–H groups in total. The molecule has 0 amide bonds. The van der Waals surface area contributed by atoms with E-state index in [-0.39, 0.29) is 6.04 Å². The number of thiocarbonyl (C=S) groups is 1. The molecule has 0 aliphatic heterocycles. The Labute approximate surface area is 108 Å². The number of methoxy groups -OCH3 is 1. The van der Waals surface area contributed by atoms with Crippen molar-refractivity contribution >= 4 is 17.3 Å². The minimum Gasteiger partial charge on any atom is -0.383 e. The molecule has 5 heteroatoms. The van der Waals surface area contributed by atoms with Crippen molar-refractivity contribution < 1.29 is 4.74 Å². The Morgan fingerprint density at radius 1 is 1.53 bits per heavy atom. The number of pyridine rings is 1. The van der Waals surface area contributed by atoms with Gasteiger partial charge in [-0.1, -0.05) is 6.07 Å². The van der Waals surface area contributed by atoms with Crippen LogP contribution in [0.25, 0.3) is 0 Å². The average Bonchev–Trinajstić information content (AvgIpc) is 2.27. The van der Waals surface area contributed by atoms with Crippen LogP contribution in [0.1, 0.15) is 18.3 Å². The van der Waals surface area contributed by atoms with Gasteiger partial charge < -0.3 is 15.4 Å². The van der Waals surface area contributed by atoms with Crippen LogP contribution in [0, 0.1) is 6.92 Å². The SMILES string of the molecule is COCC(C)NC(=S)NCc1cccc(C)n1. The molecule has 0 aromatic carbocycles. The van der Waals surface area contributed by atoms with Crippen LogP contribution in [-0.4, -0.2) is 29.9 Å². The molecule has 17 heavy (non-hydrogen) atoms. The van der Waals surface area contributed by atoms with Crippen LogP contribution in [0.5, 0.6) is 0 Å². The van der Waals surface area contributed by atoms with Gasteiger partial charge in [-0.25, -0.2) is 0 Å². The van der Waals surface area contributed by atoms with E-state index in [4.69, 9.17) is 17.0 Å². The Morgan fingerprint density at radius 3 is 2.94 bits per heavy atom. The highest BCUT2D eigenvalue weighted by Gasteiger charge is 2.03. The van der Waals surface area contributed by atoms with Crippen LogP contribution in [0.15, 0.2) is 18.2 Å². The first-order valence-corrected chi connectivity index (χ1v) is 5.98. The second kappa shape index (κ2) is 7.19. The molecule has 1 heterocycles. The number of ether oxygens (including phenoxy) is 1. The van der Waals surface area contributed by atoms with Gasteiger partial charge in [0.1, 0.15) is 0 Å². The van der Waals surface area contributed by atoms with Gasteiger partial charge in [-0.05, 0) is 38.2 Å². The van der Waals surface area contributed by atoms with Crippen molar-refractivity contribution in [1.82, 2.24) is 15.6 Å². The summed E-state index contributed by atoms with van der Waals surface area (Å²) in [4.78, 5) is 4.39. The van der Waals surface area contributed by atoms with Gasteiger partial charge in [-0.3, -0.25) is 4.98 Å². The third kappa shape index (κ3) is 5.60. The highest BCUT2D eigenvalue weighted by molar-refractivity contribution is 7.80. The Hall–Kier alpha value is -1.20. The Kier molecular flexibility index (Phi) is 5.86. The second-order valence-corrected chi connectivity index (χ2v) is 4.36. The fourth-order valence-electron chi connectivity index (χ4n) is 1.44. The Balaban J connectivity index is 2.33. The number of hydrogen-bond donors (Lipinski definition) is 2. The molecular formula is C12H19N3OS. The first-order valence-electron chi connectivity index (χ1n) is 5.57. The van der Waals surface area contributed by atoms with E-state index in [1.165, 1.54) is 0 Å². The van der Waals surface area contributed by atoms with Crippen molar-refractivity contribution in [1.29, 1.82) is 0 Å². The second-order valence-electron chi connectivity index (χ2n) is 3.95. The lowest BCUT2D eigenvalue weighted by Gasteiger charge is -2.15. The smallest absolute Gasteiger partial charge is 0.166 e. The maximum Gasteiger partial charge on any atom is 0.166 e. The Bertz CT molecular complexity index is 371. The van der Waals surface area contributed by atoms with E-state index >= 15 is 0 Å². The Morgan fingerprint density at radius 2 is 2.29 bits per heavy atom. The van der Waals surface area contributed by atoms with Crippen molar-refractivity contribution in [2.24, 2.45) is 0 Å². The predicted octanol–water partition coefficient (Wildman–Crippen LogP) is 1.39.